The van der Waals surface area contributed by atoms with E-state index in [-0.39, 0.29) is 18.9 Å². The quantitative estimate of drug-likeness (QED) is 0.428. The number of pyridine rings is 1. The molecule has 0 saturated carbocycles. The summed E-state index contributed by atoms with van der Waals surface area (Å²) in [5, 5.41) is 13.3. The zero-order chi connectivity index (χ0) is 21.3. The first-order chi connectivity index (χ1) is 14.5. The Kier molecular flexibility index (Phi) is 6.88. The van der Waals surface area contributed by atoms with Crippen molar-refractivity contribution < 1.29 is 23.6 Å². The summed E-state index contributed by atoms with van der Waals surface area (Å²) in [4.78, 5) is 25.9. The fourth-order valence-electron chi connectivity index (χ4n) is 2.51. The molecule has 0 unspecified atom stereocenters. The Morgan fingerprint density at radius 1 is 1.07 bits per heavy atom. The smallest absolute Gasteiger partial charge is 0.305 e. The molecule has 0 saturated heterocycles. The lowest BCUT2D eigenvalue weighted by molar-refractivity contribution is -0.387. The van der Waals surface area contributed by atoms with Crippen molar-refractivity contribution in [2.45, 2.75) is 13.2 Å². The molecule has 0 aliphatic heterocycles. The Hall–Kier alpha value is -4.01. The monoisotopic (exact) mass is 411 g/mol. The molecule has 0 fully saturated rings. The topological polar surface area (TPSA) is 104 Å². The summed E-state index contributed by atoms with van der Waals surface area (Å²) in [6.07, 6.45) is 1.69. The number of hydrogen-bond acceptors (Lipinski definition) is 6. The van der Waals surface area contributed by atoms with E-state index in [1.54, 1.807) is 18.3 Å². The summed E-state index contributed by atoms with van der Waals surface area (Å²) in [6, 6.07) is 15.9. The molecule has 0 aliphatic carbocycles. The number of halogens is 1. The number of nitro groups is 1. The van der Waals surface area contributed by atoms with Crippen molar-refractivity contribution in [1.82, 2.24) is 10.3 Å². The van der Waals surface area contributed by atoms with Crippen LogP contribution >= 0.6 is 0 Å². The molecule has 1 N–H and O–H groups in total. The van der Waals surface area contributed by atoms with Crippen molar-refractivity contribution in [3.8, 4) is 11.5 Å². The summed E-state index contributed by atoms with van der Waals surface area (Å²) in [5.74, 6) is -0.780. The van der Waals surface area contributed by atoms with E-state index < -0.39 is 22.3 Å². The first-order valence-corrected chi connectivity index (χ1v) is 8.96. The van der Waals surface area contributed by atoms with E-state index in [0.717, 1.165) is 23.4 Å². The van der Waals surface area contributed by atoms with Gasteiger partial charge in [0.15, 0.2) is 6.61 Å². The molecule has 1 aromatic heterocycles. The zero-order valence-electron chi connectivity index (χ0n) is 15.8. The number of amides is 1. The molecule has 0 aliphatic rings. The molecule has 0 spiro atoms. The van der Waals surface area contributed by atoms with Crippen LogP contribution in [0.5, 0.6) is 11.5 Å². The minimum Gasteiger partial charge on any atom is -0.487 e. The predicted octanol–water partition coefficient (Wildman–Crippen LogP) is 3.40. The average Bonchev–Trinajstić information content (AvgIpc) is 2.75. The summed E-state index contributed by atoms with van der Waals surface area (Å²) in [6.45, 7) is 0.223. The second-order valence-electron chi connectivity index (χ2n) is 6.19. The molecule has 8 nitrogen and oxygen atoms in total. The van der Waals surface area contributed by atoms with Gasteiger partial charge in [-0.05, 0) is 35.9 Å². The summed E-state index contributed by atoms with van der Waals surface area (Å²) >= 11 is 0. The first-order valence-electron chi connectivity index (χ1n) is 8.96. The molecule has 0 bridgehead atoms. The Bertz CT molecular complexity index is 1030. The van der Waals surface area contributed by atoms with Crippen LogP contribution in [0.1, 0.15) is 11.3 Å². The molecule has 154 valence electrons. The highest BCUT2D eigenvalue weighted by Gasteiger charge is 2.14. The van der Waals surface area contributed by atoms with Gasteiger partial charge >= 0.3 is 5.69 Å². The van der Waals surface area contributed by atoms with Crippen molar-refractivity contribution in [2.24, 2.45) is 0 Å². The van der Waals surface area contributed by atoms with E-state index in [1.165, 1.54) is 6.07 Å². The molecule has 1 amide bonds. The van der Waals surface area contributed by atoms with Crippen LogP contribution in [0.25, 0.3) is 0 Å². The third kappa shape index (κ3) is 5.99. The maximum Gasteiger partial charge on any atom is 0.305 e. The molecule has 3 aromatic rings. The first kappa shape index (κ1) is 20.7. The summed E-state index contributed by atoms with van der Waals surface area (Å²) in [7, 11) is 0. The van der Waals surface area contributed by atoms with Crippen LogP contribution in [0.15, 0.2) is 66.9 Å². The highest BCUT2D eigenvalue weighted by Crippen LogP contribution is 2.22. The Morgan fingerprint density at radius 3 is 2.63 bits per heavy atom. The fraction of sp³-hybridized carbons (Fsp3) is 0.143. The standard InChI is InChI=1S/C21H18FN3O5/c22-19-11-18(7-8-20(19)25(27)28)30-14-21(26)24-12-15-4-3-6-17(10-15)29-13-16-5-1-2-9-23-16/h1-11H,12-14H2,(H,24,26). The number of benzene rings is 2. The maximum absolute atomic E-state index is 13.6. The zero-order valence-corrected chi connectivity index (χ0v) is 15.8. The number of rotatable bonds is 9. The van der Waals surface area contributed by atoms with Gasteiger partial charge < -0.3 is 14.8 Å². The average molecular weight is 411 g/mol. The maximum atomic E-state index is 13.6. The van der Waals surface area contributed by atoms with Crippen LogP contribution in [-0.4, -0.2) is 22.4 Å². The number of hydrogen-bond donors (Lipinski definition) is 1. The highest BCUT2D eigenvalue weighted by molar-refractivity contribution is 5.77. The van der Waals surface area contributed by atoms with Gasteiger partial charge in [0.1, 0.15) is 18.1 Å². The van der Waals surface area contributed by atoms with Crippen LogP contribution in [0, 0.1) is 15.9 Å². The van der Waals surface area contributed by atoms with Crippen LogP contribution < -0.4 is 14.8 Å². The van der Waals surface area contributed by atoms with Crippen molar-refractivity contribution in [2.75, 3.05) is 6.61 Å². The number of carbonyl (C=O) groups is 1. The van der Waals surface area contributed by atoms with E-state index in [1.807, 2.05) is 30.3 Å². The Balaban J connectivity index is 1.46. The van der Waals surface area contributed by atoms with Crippen LogP contribution in [0.2, 0.25) is 0 Å². The van der Waals surface area contributed by atoms with Gasteiger partial charge in [0.2, 0.25) is 5.82 Å². The second kappa shape index (κ2) is 9.97. The van der Waals surface area contributed by atoms with Crippen molar-refractivity contribution in [3.05, 3.63) is 94.0 Å². The van der Waals surface area contributed by atoms with Gasteiger partial charge in [0, 0.05) is 24.9 Å². The van der Waals surface area contributed by atoms with E-state index in [9.17, 15) is 19.3 Å². The van der Waals surface area contributed by atoms with Gasteiger partial charge in [0.25, 0.3) is 5.91 Å². The minimum absolute atomic E-state index is 0.0261. The van der Waals surface area contributed by atoms with Crippen LogP contribution in [0.4, 0.5) is 10.1 Å². The molecule has 0 radical (unpaired) electrons. The number of nitro benzene ring substituents is 1. The van der Waals surface area contributed by atoms with Gasteiger partial charge in [-0.3, -0.25) is 19.9 Å². The Morgan fingerprint density at radius 2 is 1.90 bits per heavy atom. The van der Waals surface area contributed by atoms with Gasteiger partial charge in [-0.2, -0.15) is 4.39 Å². The van der Waals surface area contributed by atoms with E-state index in [4.69, 9.17) is 9.47 Å². The van der Waals surface area contributed by atoms with Crippen LogP contribution in [-0.2, 0) is 17.9 Å². The van der Waals surface area contributed by atoms with Crippen LogP contribution in [0.3, 0.4) is 0 Å². The van der Waals surface area contributed by atoms with Gasteiger partial charge in [-0.15, -0.1) is 0 Å². The summed E-state index contributed by atoms with van der Waals surface area (Å²) in [5.41, 5.74) is 0.969. The third-order valence-electron chi connectivity index (χ3n) is 3.99. The molecule has 9 heteroatoms. The lowest BCUT2D eigenvalue weighted by Crippen LogP contribution is -2.28. The van der Waals surface area contributed by atoms with E-state index in [0.29, 0.717) is 12.4 Å². The van der Waals surface area contributed by atoms with E-state index >= 15 is 0 Å². The van der Waals surface area contributed by atoms with Crippen molar-refractivity contribution in [1.29, 1.82) is 0 Å². The Labute approximate surface area is 171 Å². The highest BCUT2D eigenvalue weighted by atomic mass is 19.1. The molecular weight excluding hydrogens is 393 g/mol. The lowest BCUT2D eigenvalue weighted by atomic mass is 10.2. The third-order valence-corrected chi connectivity index (χ3v) is 3.99. The van der Waals surface area contributed by atoms with Gasteiger partial charge in [-0.1, -0.05) is 18.2 Å². The van der Waals surface area contributed by atoms with Gasteiger partial charge in [-0.25, -0.2) is 0 Å². The lowest BCUT2D eigenvalue weighted by Gasteiger charge is -2.10. The number of nitrogens with zero attached hydrogens (tertiary/aromatic N) is 2. The molecule has 2 aromatic carbocycles. The number of carbonyl (C=O) groups excluding carboxylic acids is 1. The molecule has 1 heterocycles. The SMILES string of the molecule is O=C(COc1ccc([N+](=O)[O-])c(F)c1)NCc1cccc(OCc2ccccn2)c1. The number of aromatic nitrogens is 1. The molecule has 3 rings (SSSR count). The second-order valence-corrected chi connectivity index (χ2v) is 6.19. The molecule has 30 heavy (non-hydrogen) atoms. The molecule has 0 atom stereocenters. The number of nitrogens with one attached hydrogen (secondary N) is 1. The summed E-state index contributed by atoms with van der Waals surface area (Å²) < 4.78 is 24.4. The number of ether oxygens (including phenoxy) is 2. The molecular formula is C21H18FN3O5. The van der Waals surface area contributed by atoms with E-state index in [2.05, 4.69) is 10.3 Å². The van der Waals surface area contributed by atoms with Gasteiger partial charge in [0.05, 0.1) is 10.6 Å². The van der Waals surface area contributed by atoms with Crippen molar-refractivity contribution >= 4 is 11.6 Å². The minimum atomic E-state index is -1.03. The predicted molar refractivity (Wildman–Crippen MR) is 105 cm³/mol. The largest absolute Gasteiger partial charge is 0.487 e. The fourth-order valence-corrected chi connectivity index (χ4v) is 2.51. The normalized spacial score (nSPS) is 10.3. The van der Waals surface area contributed by atoms with Crippen molar-refractivity contribution in [3.63, 3.8) is 0 Å².